The summed E-state index contributed by atoms with van der Waals surface area (Å²) in [5.41, 5.74) is 0.589. The van der Waals surface area contributed by atoms with Crippen LogP contribution in [0.5, 0.6) is 5.75 Å². The van der Waals surface area contributed by atoms with Crippen molar-refractivity contribution in [2.24, 2.45) is 0 Å². The first-order valence-electron chi connectivity index (χ1n) is 5.61. The van der Waals surface area contributed by atoms with E-state index in [0.29, 0.717) is 22.1 Å². The summed E-state index contributed by atoms with van der Waals surface area (Å²) in [7, 11) is 1.56. The predicted molar refractivity (Wildman–Crippen MR) is 77.3 cm³/mol. The molecule has 98 valence electrons. The van der Waals surface area contributed by atoms with E-state index in [0.717, 1.165) is 5.03 Å². The van der Waals surface area contributed by atoms with Gasteiger partial charge in [-0.05, 0) is 24.3 Å². The number of ketones is 1. The third-order valence-corrected chi connectivity index (χ3v) is 3.63. The fourth-order valence-corrected chi connectivity index (χ4v) is 2.38. The van der Waals surface area contributed by atoms with Gasteiger partial charge in [-0.2, -0.15) is 0 Å². The van der Waals surface area contributed by atoms with Crippen molar-refractivity contribution in [2.45, 2.75) is 5.03 Å². The number of pyridine rings is 1. The maximum Gasteiger partial charge on any atom is 0.176 e. The number of ether oxygens (including phenoxy) is 1. The molecule has 3 nitrogen and oxygen atoms in total. The third-order valence-electron chi connectivity index (χ3n) is 2.46. The number of carbonyl (C=O) groups excluding carboxylic acids is 1. The van der Waals surface area contributed by atoms with Gasteiger partial charge in [-0.15, -0.1) is 0 Å². The Morgan fingerprint density at radius 1 is 1.32 bits per heavy atom. The van der Waals surface area contributed by atoms with E-state index < -0.39 is 0 Å². The summed E-state index contributed by atoms with van der Waals surface area (Å²) in [4.78, 5) is 16.2. The van der Waals surface area contributed by atoms with Crippen LogP contribution in [-0.4, -0.2) is 23.6 Å². The minimum Gasteiger partial charge on any atom is -0.496 e. The summed E-state index contributed by atoms with van der Waals surface area (Å²) < 4.78 is 5.17. The molecule has 19 heavy (non-hydrogen) atoms. The molecule has 0 atom stereocenters. The molecule has 1 heterocycles. The molecule has 0 fully saturated rings. The lowest BCUT2D eigenvalue weighted by Crippen LogP contribution is -2.04. The molecule has 5 heteroatoms. The summed E-state index contributed by atoms with van der Waals surface area (Å²) in [5, 5.41) is 1.35. The standard InChI is InChI=1S/C14H12ClNO2S/c1-18-13-5-3-2-4-11(13)12(17)9-19-14-7-6-10(15)8-16-14/h2-8H,9H2,1H3. The first-order valence-corrected chi connectivity index (χ1v) is 6.97. The second kappa shape index (κ2) is 6.59. The van der Waals surface area contributed by atoms with Crippen LogP contribution in [0.4, 0.5) is 0 Å². The zero-order chi connectivity index (χ0) is 13.7. The highest BCUT2D eigenvalue weighted by Crippen LogP contribution is 2.22. The maximum atomic E-state index is 12.1. The number of hydrogen-bond donors (Lipinski definition) is 0. The molecule has 0 saturated heterocycles. The van der Waals surface area contributed by atoms with Gasteiger partial charge in [0.05, 0.1) is 28.5 Å². The van der Waals surface area contributed by atoms with Gasteiger partial charge in [0.1, 0.15) is 5.75 Å². The summed E-state index contributed by atoms with van der Waals surface area (Å²) >= 11 is 7.13. The van der Waals surface area contributed by atoms with E-state index in [-0.39, 0.29) is 5.78 Å². The molecule has 0 aliphatic heterocycles. The number of methoxy groups -OCH3 is 1. The van der Waals surface area contributed by atoms with E-state index in [9.17, 15) is 4.79 Å². The first-order chi connectivity index (χ1) is 9.20. The van der Waals surface area contributed by atoms with Crippen molar-refractivity contribution in [3.63, 3.8) is 0 Å². The Kier molecular flexibility index (Phi) is 4.82. The van der Waals surface area contributed by atoms with Crippen LogP contribution in [0, 0.1) is 0 Å². The molecule has 1 aromatic heterocycles. The first kappa shape index (κ1) is 13.9. The lowest BCUT2D eigenvalue weighted by Gasteiger charge is -2.06. The van der Waals surface area contributed by atoms with Gasteiger partial charge in [-0.3, -0.25) is 4.79 Å². The van der Waals surface area contributed by atoms with Crippen LogP contribution in [0.3, 0.4) is 0 Å². The number of rotatable bonds is 5. The van der Waals surface area contributed by atoms with Crippen LogP contribution < -0.4 is 4.74 Å². The Hall–Kier alpha value is -1.52. The van der Waals surface area contributed by atoms with E-state index in [4.69, 9.17) is 16.3 Å². The Morgan fingerprint density at radius 3 is 2.79 bits per heavy atom. The molecule has 0 N–H and O–H groups in total. The van der Waals surface area contributed by atoms with Crippen LogP contribution >= 0.6 is 23.4 Å². The van der Waals surface area contributed by atoms with Crippen molar-refractivity contribution in [2.75, 3.05) is 12.9 Å². The second-order valence-electron chi connectivity index (χ2n) is 3.73. The molecule has 0 spiro atoms. The Morgan fingerprint density at radius 2 is 2.11 bits per heavy atom. The number of halogens is 1. The van der Waals surface area contributed by atoms with E-state index in [1.165, 1.54) is 11.8 Å². The molecule has 0 aliphatic carbocycles. The van der Waals surface area contributed by atoms with Crippen LogP contribution in [0.15, 0.2) is 47.6 Å². The zero-order valence-electron chi connectivity index (χ0n) is 10.3. The summed E-state index contributed by atoms with van der Waals surface area (Å²) in [5.74, 6) is 0.922. The molecule has 1 aromatic carbocycles. The van der Waals surface area contributed by atoms with E-state index in [2.05, 4.69) is 4.98 Å². The molecular weight excluding hydrogens is 282 g/mol. The van der Waals surface area contributed by atoms with Gasteiger partial charge in [0, 0.05) is 6.20 Å². The number of nitrogens with zero attached hydrogens (tertiary/aromatic N) is 1. The lowest BCUT2D eigenvalue weighted by molar-refractivity contribution is 0.101. The highest BCUT2D eigenvalue weighted by Gasteiger charge is 2.12. The average molecular weight is 294 g/mol. The van der Waals surface area contributed by atoms with Crippen LogP contribution in [0.25, 0.3) is 0 Å². The van der Waals surface area contributed by atoms with Crippen LogP contribution in [0.1, 0.15) is 10.4 Å². The molecule has 0 radical (unpaired) electrons. The summed E-state index contributed by atoms with van der Waals surface area (Å²) in [6.07, 6.45) is 1.57. The van der Waals surface area contributed by atoms with E-state index in [1.807, 2.05) is 12.1 Å². The van der Waals surface area contributed by atoms with Crippen LogP contribution in [-0.2, 0) is 0 Å². The maximum absolute atomic E-state index is 12.1. The van der Waals surface area contributed by atoms with Gasteiger partial charge in [0.25, 0.3) is 0 Å². The zero-order valence-corrected chi connectivity index (χ0v) is 11.9. The van der Waals surface area contributed by atoms with Crippen molar-refractivity contribution in [1.82, 2.24) is 4.98 Å². The average Bonchev–Trinajstić information content (AvgIpc) is 2.46. The van der Waals surface area contributed by atoms with Gasteiger partial charge in [-0.25, -0.2) is 4.98 Å². The number of Topliss-reactive ketones (excluding diaryl/α,β-unsaturated/α-hetero) is 1. The number of hydrogen-bond acceptors (Lipinski definition) is 4. The van der Waals surface area contributed by atoms with Gasteiger partial charge in [0.2, 0.25) is 0 Å². The highest BCUT2D eigenvalue weighted by atomic mass is 35.5. The van der Waals surface area contributed by atoms with Gasteiger partial charge >= 0.3 is 0 Å². The quantitative estimate of drug-likeness (QED) is 0.622. The SMILES string of the molecule is COc1ccccc1C(=O)CSc1ccc(Cl)cn1. The summed E-state index contributed by atoms with van der Waals surface area (Å²) in [6.45, 7) is 0. The lowest BCUT2D eigenvalue weighted by atomic mass is 10.1. The van der Waals surface area contributed by atoms with E-state index >= 15 is 0 Å². The Labute approximate surface area is 121 Å². The van der Waals surface area contributed by atoms with Gasteiger partial charge < -0.3 is 4.74 Å². The topological polar surface area (TPSA) is 39.2 Å². The fraction of sp³-hybridized carbons (Fsp3) is 0.143. The number of benzene rings is 1. The number of thioether (sulfide) groups is 1. The molecule has 0 saturated carbocycles. The van der Waals surface area contributed by atoms with Crippen molar-refractivity contribution in [3.05, 3.63) is 53.2 Å². The van der Waals surface area contributed by atoms with Crippen molar-refractivity contribution in [1.29, 1.82) is 0 Å². The number of carbonyl (C=O) groups is 1. The van der Waals surface area contributed by atoms with Crippen molar-refractivity contribution in [3.8, 4) is 5.75 Å². The number of aromatic nitrogens is 1. The largest absolute Gasteiger partial charge is 0.496 e. The monoisotopic (exact) mass is 293 g/mol. The highest BCUT2D eigenvalue weighted by molar-refractivity contribution is 7.99. The van der Waals surface area contributed by atoms with Crippen LogP contribution in [0.2, 0.25) is 5.02 Å². The van der Waals surface area contributed by atoms with Crippen molar-refractivity contribution >= 4 is 29.1 Å². The second-order valence-corrected chi connectivity index (χ2v) is 5.16. The summed E-state index contributed by atoms with van der Waals surface area (Å²) in [6, 6.07) is 10.7. The fourth-order valence-electron chi connectivity index (χ4n) is 1.54. The smallest absolute Gasteiger partial charge is 0.176 e. The van der Waals surface area contributed by atoms with Crippen molar-refractivity contribution < 1.29 is 9.53 Å². The third kappa shape index (κ3) is 3.72. The molecule has 2 aromatic rings. The Balaban J connectivity index is 2.03. The molecule has 0 aliphatic rings. The minimum absolute atomic E-state index is 0.0131. The normalized spacial score (nSPS) is 10.2. The molecular formula is C14H12ClNO2S. The molecule has 0 unspecified atom stereocenters. The molecule has 0 bridgehead atoms. The van der Waals surface area contributed by atoms with Gasteiger partial charge in [-0.1, -0.05) is 35.5 Å². The van der Waals surface area contributed by atoms with Gasteiger partial charge in [0.15, 0.2) is 5.78 Å². The predicted octanol–water partition coefficient (Wildman–Crippen LogP) is 3.72. The number of para-hydroxylation sites is 1. The molecule has 2 rings (SSSR count). The molecule has 0 amide bonds. The minimum atomic E-state index is 0.0131. The Bertz CT molecular complexity index is 572. The van der Waals surface area contributed by atoms with E-state index in [1.54, 1.807) is 37.6 Å².